The molecule has 1 aromatic heterocycles. The van der Waals surface area contributed by atoms with Gasteiger partial charge in [-0.25, -0.2) is 4.39 Å². The summed E-state index contributed by atoms with van der Waals surface area (Å²) >= 11 is 3.34. The quantitative estimate of drug-likeness (QED) is 0.723. The van der Waals surface area contributed by atoms with Crippen molar-refractivity contribution in [2.45, 2.75) is 6.42 Å². The molecule has 0 atom stereocenters. The highest BCUT2D eigenvalue weighted by Gasteiger charge is 2.11. The summed E-state index contributed by atoms with van der Waals surface area (Å²) in [6.07, 6.45) is 0.407. The Kier molecular flexibility index (Phi) is 5.00. The molecule has 0 spiro atoms. The predicted octanol–water partition coefficient (Wildman–Crippen LogP) is 3.61. The van der Waals surface area contributed by atoms with Crippen molar-refractivity contribution in [3.63, 3.8) is 0 Å². The number of rotatable bonds is 5. The zero-order valence-electron chi connectivity index (χ0n) is 12.5. The fraction of sp³-hybridized carbons (Fsp3) is 0.118. The SMILES string of the molecule is O=C(NCCc1nc(-c2ccc(F)cc2)no1)c1ccccc1Br. The maximum absolute atomic E-state index is 12.9. The highest BCUT2D eigenvalue weighted by Crippen LogP contribution is 2.17. The lowest BCUT2D eigenvalue weighted by Crippen LogP contribution is -2.26. The molecule has 3 rings (SSSR count). The summed E-state index contributed by atoms with van der Waals surface area (Å²) in [4.78, 5) is 16.3. The van der Waals surface area contributed by atoms with Crippen LogP contribution in [0.2, 0.25) is 0 Å². The second-order valence-corrected chi connectivity index (χ2v) is 5.86. The van der Waals surface area contributed by atoms with Gasteiger partial charge in [0.2, 0.25) is 11.7 Å². The number of nitrogens with zero attached hydrogens (tertiary/aromatic N) is 2. The first-order chi connectivity index (χ1) is 11.6. The molecule has 7 heteroatoms. The zero-order chi connectivity index (χ0) is 16.9. The van der Waals surface area contributed by atoms with Crippen LogP contribution in [0, 0.1) is 5.82 Å². The van der Waals surface area contributed by atoms with Gasteiger partial charge in [-0.2, -0.15) is 4.98 Å². The molecule has 0 aliphatic heterocycles. The van der Waals surface area contributed by atoms with E-state index in [0.717, 1.165) is 4.47 Å². The van der Waals surface area contributed by atoms with Crippen LogP contribution >= 0.6 is 15.9 Å². The van der Waals surface area contributed by atoms with E-state index in [9.17, 15) is 9.18 Å². The summed E-state index contributed by atoms with van der Waals surface area (Å²) in [5, 5.41) is 6.66. The van der Waals surface area contributed by atoms with E-state index in [0.29, 0.717) is 35.8 Å². The van der Waals surface area contributed by atoms with Crippen LogP contribution in [0.5, 0.6) is 0 Å². The second-order valence-electron chi connectivity index (χ2n) is 5.00. The zero-order valence-corrected chi connectivity index (χ0v) is 14.1. The lowest BCUT2D eigenvalue weighted by molar-refractivity contribution is 0.0952. The standard InChI is InChI=1S/C17H13BrFN3O2/c18-14-4-2-1-3-13(14)17(23)20-10-9-15-21-16(22-24-15)11-5-7-12(19)8-6-11/h1-8H,9-10H2,(H,20,23). The molecule has 0 aliphatic rings. The van der Waals surface area contributed by atoms with Crippen LogP contribution in [0.4, 0.5) is 4.39 Å². The summed E-state index contributed by atoms with van der Waals surface area (Å²) < 4.78 is 18.8. The average Bonchev–Trinajstić information content (AvgIpc) is 3.04. The first kappa shape index (κ1) is 16.3. The largest absolute Gasteiger partial charge is 0.351 e. The molecule has 24 heavy (non-hydrogen) atoms. The minimum absolute atomic E-state index is 0.180. The third-order valence-corrected chi connectivity index (χ3v) is 4.00. The number of benzene rings is 2. The van der Waals surface area contributed by atoms with Crippen LogP contribution in [0.15, 0.2) is 57.5 Å². The van der Waals surface area contributed by atoms with E-state index >= 15 is 0 Å². The van der Waals surface area contributed by atoms with Crippen LogP contribution in [0.3, 0.4) is 0 Å². The third-order valence-electron chi connectivity index (χ3n) is 3.31. The number of hydrogen-bond acceptors (Lipinski definition) is 4. The summed E-state index contributed by atoms with van der Waals surface area (Å²) in [5.41, 5.74) is 1.23. The van der Waals surface area contributed by atoms with Crippen LogP contribution in [-0.2, 0) is 6.42 Å². The van der Waals surface area contributed by atoms with Crippen molar-refractivity contribution < 1.29 is 13.7 Å². The van der Waals surface area contributed by atoms with Crippen molar-refractivity contribution in [2.24, 2.45) is 0 Å². The number of hydrogen-bond donors (Lipinski definition) is 1. The fourth-order valence-corrected chi connectivity index (χ4v) is 2.56. The van der Waals surface area contributed by atoms with Gasteiger partial charge < -0.3 is 9.84 Å². The van der Waals surface area contributed by atoms with Crippen molar-refractivity contribution in [3.05, 3.63) is 70.3 Å². The van der Waals surface area contributed by atoms with Crippen molar-refractivity contribution >= 4 is 21.8 Å². The Morgan fingerprint density at radius 2 is 1.92 bits per heavy atom. The summed E-state index contributed by atoms with van der Waals surface area (Å²) in [6.45, 7) is 0.366. The molecule has 1 heterocycles. The highest BCUT2D eigenvalue weighted by atomic mass is 79.9. The van der Waals surface area contributed by atoms with Crippen LogP contribution in [-0.4, -0.2) is 22.6 Å². The summed E-state index contributed by atoms with van der Waals surface area (Å²) in [5.74, 6) is 0.293. The van der Waals surface area contributed by atoms with Crippen LogP contribution in [0.1, 0.15) is 16.2 Å². The van der Waals surface area contributed by atoms with Gasteiger partial charge in [0.15, 0.2) is 0 Å². The van der Waals surface area contributed by atoms with E-state index < -0.39 is 0 Å². The van der Waals surface area contributed by atoms with Gasteiger partial charge in [0.05, 0.1) is 5.56 Å². The molecule has 0 bridgehead atoms. The Hall–Kier alpha value is -2.54. The number of amides is 1. The summed E-state index contributed by atoms with van der Waals surface area (Å²) in [6, 6.07) is 13.0. The van der Waals surface area contributed by atoms with Gasteiger partial charge >= 0.3 is 0 Å². The topological polar surface area (TPSA) is 68.0 Å². The second kappa shape index (κ2) is 7.35. The molecule has 0 saturated heterocycles. The Morgan fingerprint density at radius 1 is 1.17 bits per heavy atom. The normalized spacial score (nSPS) is 10.6. The van der Waals surface area contributed by atoms with Gasteiger partial charge in [-0.3, -0.25) is 4.79 Å². The number of aromatic nitrogens is 2. The Bertz CT molecular complexity index is 849. The van der Waals surface area contributed by atoms with E-state index in [4.69, 9.17) is 4.52 Å². The van der Waals surface area contributed by atoms with Crippen LogP contribution < -0.4 is 5.32 Å². The van der Waals surface area contributed by atoms with Gasteiger partial charge in [0.25, 0.3) is 5.91 Å². The lowest BCUT2D eigenvalue weighted by atomic mass is 10.2. The van der Waals surface area contributed by atoms with E-state index in [1.54, 1.807) is 24.3 Å². The van der Waals surface area contributed by atoms with Crippen molar-refractivity contribution in [1.82, 2.24) is 15.5 Å². The predicted molar refractivity (Wildman–Crippen MR) is 89.9 cm³/mol. The first-order valence-electron chi connectivity index (χ1n) is 7.25. The van der Waals surface area contributed by atoms with Crippen molar-refractivity contribution in [1.29, 1.82) is 0 Å². The Balaban J connectivity index is 1.57. The first-order valence-corrected chi connectivity index (χ1v) is 8.04. The van der Waals surface area contributed by atoms with Gasteiger partial charge in [-0.05, 0) is 52.3 Å². The van der Waals surface area contributed by atoms with E-state index in [-0.39, 0.29) is 11.7 Å². The van der Waals surface area contributed by atoms with Gasteiger partial charge in [-0.15, -0.1) is 0 Å². The van der Waals surface area contributed by atoms with E-state index in [1.807, 2.05) is 12.1 Å². The van der Waals surface area contributed by atoms with Crippen LogP contribution in [0.25, 0.3) is 11.4 Å². The van der Waals surface area contributed by atoms with Crippen molar-refractivity contribution in [3.8, 4) is 11.4 Å². The third kappa shape index (κ3) is 3.86. The molecule has 5 nitrogen and oxygen atoms in total. The maximum atomic E-state index is 12.9. The number of carbonyl (C=O) groups is 1. The molecule has 1 N–H and O–H groups in total. The Morgan fingerprint density at radius 3 is 2.67 bits per heavy atom. The van der Waals surface area contributed by atoms with Gasteiger partial charge in [0, 0.05) is 23.0 Å². The molecule has 0 radical (unpaired) electrons. The lowest BCUT2D eigenvalue weighted by Gasteiger charge is -2.05. The van der Waals surface area contributed by atoms with E-state index in [2.05, 4.69) is 31.4 Å². The van der Waals surface area contributed by atoms with Gasteiger partial charge in [0.1, 0.15) is 5.82 Å². The fourth-order valence-electron chi connectivity index (χ4n) is 2.10. The molecular formula is C17H13BrFN3O2. The minimum Gasteiger partial charge on any atom is -0.351 e. The number of carbonyl (C=O) groups excluding carboxylic acids is 1. The highest BCUT2D eigenvalue weighted by molar-refractivity contribution is 9.10. The smallest absolute Gasteiger partial charge is 0.252 e. The molecule has 0 saturated carbocycles. The molecular weight excluding hydrogens is 377 g/mol. The average molecular weight is 390 g/mol. The minimum atomic E-state index is -0.322. The molecule has 0 unspecified atom stereocenters. The number of halogens is 2. The van der Waals surface area contributed by atoms with Crippen molar-refractivity contribution in [2.75, 3.05) is 6.54 Å². The molecule has 1 amide bonds. The maximum Gasteiger partial charge on any atom is 0.252 e. The molecule has 0 fully saturated rings. The monoisotopic (exact) mass is 389 g/mol. The Labute approximate surface area is 146 Å². The number of nitrogens with one attached hydrogen (secondary N) is 1. The molecule has 0 aliphatic carbocycles. The molecule has 2 aromatic carbocycles. The molecule has 122 valence electrons. The summed E-state index contributed by atoms with van der Waals surface area (Å²) in [7, 11) is 0. The van der Waals surface area contributed by atoms with Gasteiger partial charge in [-0.1, -0.05) is 17.3 Å². The molecule has 3 aromatic rings. The van der Waals surface area contributed by atoms with E-state index in [1.165, 1.54) is 12.1 Å².